The maximum absolute atomic E-state index is 12.3. The van der Waals surface area contributed by atoms with Gasteiger partial charge in [0.25, 0.3) is 5.91 Å². The van der Waals surface area contributed by atoms with E-state index in [9.17, 15) is 4.79 Å². The van der Waals surface area contributed by atoms with E-state index in [0.717, 1.165) is 23.3 Å². The summed E-state index contributed by atoms with van der Waals surface area (Å²) in [4.78, 5) is 12.3. The molecule has 0 saturated carbocycles. The van der Waals surface area contributed by atoms with Crippen LogP contribution in [0.5, 0.6) is 11.5 Å². The summed E-state index contributed by atoms with van der Waals surface area (Å²) in [7, 11) is 1.64. The number of carbonyl (C=O) groups excluding carboxylic acids is 1. The number of benzene rings is 2. The van der Waals surface area contributed by atoms with Gasteiger partial charge in [0.05, 0.1) is 7.11 Å². The molecule has 0 aliphatic heterocycles. The Kier molecular flexibility index (Phi) is 7.14. The molecule has 1 amide bonds. The van der Waals surface area contributed by atoms with E-state index in [1.165, 1.54) is 0 Å². The number of aryl methyl sites for hydroxylation is 1. The highest BCUT2D eigenvalue weighted by molar-refractivity contribution is 6.31. The lowest BCUT2D eigenvalue weighted by molar-refractivity contribution is -0.128. The summed E-state index contributed by atoms with van der Waals surface area (Å²) < 4.78 is 10.9. The standard InChI is InChI=1S/C20H24ClNO3/c1-4-19(25-17-9-10-18(21)14(2)13-17)20(23)22-12-11-15-5-7-16(24-3)8-6-15/h5-10,13,19H,4,11-12H2,1-3H3,(H,22,23)/t19-/m0/s1. The Bertz CT molecular complexity index is 701. The minimum Gasteiger partial charge on any atom is -0.497 e. The van der Waals surface area contributed by atoms with Crippen molar-refractivity contribution >= 4 is 17.5 Å². The molecule has 0 unspecified atom stereocenters. The van der Waals surface area contributed by atoms with Gasteiger partial charge in [-0.25, -0.2) is 0 Å². The summed E-state index contributed by atoms with van der Waals surface area (Å²) >= 11 is 6.02. The van der Waals surface area contributed by atoms with Crippen molar-refractivity contribution in [1.29, 1.82) is 0 Å². The molecule has 0 saturated heterocycles. The largest absolute Gasteiger partial charge is 0.497 e. The van der Waals surface area contributed by atoms with Crippen molar-refractivity contribution in [3.8, 4) is 11.5 Å². The van der Waals surface area contributed by atoms with Gasteiger partial charge < -0.3 is 14.8 Å². The number of hydrogen-bond acceptors (Lipinski definition) is 3. The fourth-order valence-corrected chi connectivity index (χ4v) is 2.53. The monoisotopic (exact) mass is 361 g/mol. The first-order chi connectivity index (χ1) is 12.0. The lowest BCUT2D eigenvalue weighted by Crippen LogP contribution is -2.38. The zero-order chi connectivity index (χ0) is 18.2. The van der Waals surface area contributed by atoms with E-state index < -0.39 is 6.10 Å². The molecule has 0 fully saturated rings. The van der Waals surface area contributed by atoms with Crippen LogP contribution in [-0.4, -0.2) is 25.7 Å². The van der Waals surface area contributed by atoms with Crippen LogP contribution in [-0.2, 0) is 11.2 Å². The van der Waals surface area contributed by atoms with E-state index in [2.05, 4.69) is 5.32 Å². The summed E-state index contributed by atoms with van der Waals surface area (Å²) in [6, 6.07) is 13.2. The van der Waals surface area contributed by atoms with Gasteiger partial charge in [-0.05, 0) is 61.2 Å². The van der Waals surface area contributed by atoms with Gasteiger partial charge >= 0.3 is 0 Å². The first-order valence-corrected chi connectivity index (χ1v) is 8.74. The maximum atomic E-state index is 12.3. The molecule has 1 atom stereocenters. The molecule has 0 radical (unpaired) electrons. The van der Waals surface area contributed by atoms with Gasteiger partial charge in [0.1, 0.15) is 11.5 Å². The second kappa shape index (κ2) is 9.33. The summed E-state index contributed by atoms with van der Waals surface area (Å²) in [5, 5.41) is 3.62. The second-order valence-corrected chi connectivity index (χ2v) is 6.22. The van der Waals surface area contributed by atoms with Gasteiger partial charge in [0.15, 0.2) is 6.10 Å². The molecule has 0 heterocycles. The van der Waals surface area contributed by atoms with Crippen molar-refractivity contribution in [3.63, 3.8) is 0 Å². The van der Waals surface area contributed by atoms with E-state index >= 15 is 0 Å². The van der Waals surface area contributed by atoms with Crippen LogP contribution in [0.3, 0.4) is 0 Å². The molecule has 1 N–H and O–H groups in total. The molecule has 0 aliphatic carbocycles. The number of methoxy groups -OCH3 is 1. The number of carbonyl (C=O) groups is 1. The highest BCUT2D eigenvalue weighted by Gasteiger charge is 2.18. The van der Waals surface area contributed by atoms with Crippen LogP contribution in [0.1, 0.15) is 24.5 Å². The molecule has 0 spiro atoms. The molecular weight excluding hydrogens is 338 g/mol. The number of ether oxygens (including phenoxy) is 2. The number of nitrogens with one attached hydrogen (secondary N) is 1. The number of amides is 1. The molecular formula is C20H24ClNO3. The quantitative estimate of drug-likeness (QED) is 0.767. The summed E-state index contributed by atoms with van der Waals surface area (Å²) in [5.41, 5.74) is 2.07. The van der Waals surface area contributed by atoms with Gasteiger partial charge in [0, 0.05) is 11.6 Å². The minimum absolute atomic E-state index is 0.108. The van der Waals surface area contributed by atoms with Gasteiger partial charge in [-0.3, -0.25) is 4.79 Å². The lowest BCUT2D eigenvalue weighted by Gasteiger charge is -2.18. The third-order valence-corrected chi connectivity index (χ3v) is 4.37. The Morgan fingerprint density at radius 3 is 2.44 bits per heavy atom. The molecule has 0 bridgehead atoms. The van der Waals surface area contributed by atoms with E-state index in [1.807, 2.05) is 44.2 Å². The van der Waals surface area contributed by atoms with E-state index in [4.69, 9.17) is 21.1 Å². The molecule has 134 valence electrons. The van der Waals surface area contributed by atoms with Crippen molar-refractivity contribution in [2.45, 2.75) is 32.8 Å². The molecule has 2 rings (SSSR count). The second-order valence-electron chi connectivity index (χ2n) is 5.81. The Hall–Kier alpha value is -2.20. The van der Waals surface area contributed by atoms with Crippen molar-refractivity contribution in [3.05, 3.63) is 58.6 Å². The molecule has 0 aromatic heterocycles. The number of rotatable bonds is 8. The Morgan fingerprint density at radius 1 is 1.16 bits per heavy atom. The highest BCUT2D eigenvalue weighted by Crippen LogP contribution is 2.22. The molecule has 25 heavy (non-hydrogen) atoms. The fourth-order valence-electron chi connectivity index (χ4n) is 2.41. The van der Waals surface area contributed by atoms with Crippen molar-refractivity contribution in [1.82, 2.24) is 5.32 Å². The normalized spacial score (nSPS) is 11.7. The third-order valence-electron chi connectivity index (χ3n) is 3.94. The van der Waals surface area contributed by atoms with Crippen LogP contribution in [0, 0.1) is 6.92 Å². The zero-order valence-electron chi connectivity index (χ0n) is 14.8. The fraction of sp³-hybridized carbons (Fsp3) is 0.350. The molecule has 0 aliphatic rings. The van der Waals surface area contributed by atoms with Crippen LogP contribution < -0.4 is 14.8 Å². The van der Waals surface area contributed by atoms with E-state index in [0.29, 0.717) is 23.7 Å². The van der Waals surface area contributed by atoms with Crippen LogP contribution in [0.25, 0.3) is 0 Å². The predicted octanol–water partition coefficient (Wildman–Crippen LogP) is 4.17. The van der Waals surface area contributed by atoms with Crippen LogP contribution in [0.4, 0.5) is 0 Å². The molecule has 5 heteroatoms. The van der Waals surface area contributed by atoms with Crippen molar-refractivity contribution in [2.75, 3.05) is 13.7 Å². The Balaban J connectivity index is 1.85. The van der Waals surface area contributed by atoms with Gasteiger partial charge in [-0.2, -0.15) is 0 Å². The van der Waals surface area contributed by atoms with Crippen LogP contribution >= 0.6 is 11.6 Å². The van der Waals surface area contributed by atoms with E-state index in [-0.39, 0.29) is 5.91 Å². The third kappa shape index (κ3) is 5.68. The summed E-state index contributed by atoms with van der Waals surface area (Å²) in [5.74, 6) is 1.37. The SMILES string of the molecule is CC[C@H](Oc1ccc(Cl)c(C)c1)C(=O)NCCc1ccc(OC)cc1. The van der Waals surface area contributed by atoms with Gasteiger partial charge in [0.2, 0.25) is 0 Å². The predicted molar refractivity (Wildman–Crippen MR) is 101 cm³/mol. The first-order valence-electron chi connectivity index (χ1n) is 8.37. The first kappa shape index (κ1) is 19.1. The smallest absolute Gasteiger partial charge is 0.261 e. The topological polar surface area (TPSA) is 47.6 Å². The number of halogens is 1. The number of hydrogen-bond donors (Lipinski definition) is 1. The van der Waals surface area contributed by atoms with Crippen molar-refractivity contribution < 1.29 is 14.3 Å². The Morgan fingerprint density at radius 2 is 1.84 bits per heavy atom. The lowest BCUT2D eigenvalue weighted by atomic mass is 10.1. The summed E-state index contributed by atoms with van der Waals surface area (Å²) in [6.45, 7) is 4.40. The average Bonchev–Trinajstić information content (AvgIpc) is 2.63. The molecule has 4 nitrogen and oxygen atoms in total. The van der Waals surface area contributed by atoms with Crippen LogP contribution in [0.2, 0.25) is 5.02 Å². The maximum Gasteiger partial charge on any atom is 0.261 e. The zero-order valence-corrected chi connectivity index (χ0v) is 15.6. The van der Waals surface area contributed by atoms with Gasteiger partial charge in [-0.1, -0.05) is 30.7 Å². The minimum atomic E-state index is -0.517. The highest BCUT2D eigenvalue weighted by atomic mass is 35.5. The molecule has 2 aromatic rings. The van der Waals surface area contributed by atoms with E-state index in [1.54, 1.807) is 19.2 Å². The van der Waals surface area contributed by atoms with Gasteiger partial charge in [-0.15, -0.1) is 0 Å². The molecule has 2 aromatic carbocycles. The van der Waals surface area contributed by atoms with Crippen molar-refractivity contribution in [2.24, 2.45) is 0 Å². The van der Waals surface area contributed by atoms with Crippen LogP contribution in [0.15, 0.2) is 42.5 Å². The average molecular weight is 362 g/mol. The Labute approximate surface area is 154 Å². The summed E-state index contributed by atoms with van der Waals surface area (Å²) in [6.07, 6.45) is 0.832.